The van der Waals surface area contributed by atoms with Gasteiger partial charge in [-0.05, 0) is 25.3 Å². The lowest BCUT2D eigenvalue weighted by Gasteiger charge is -2.37. The summed E-state index contributed by atoms with van der Waals surface area (Å²) in [5.41, 5.74) is 4.83. The first-order valence-electron chi connectivity index (χ1n) is 11.2. The molecule has 3 rings (SSSR count). The molecule has 162 valence electrons. The van der Waals surface area contributed by atoms with Gasteiger partial charge in [-0.1, -0.05) is 57.5 Å². The van der Waals surface area contributed by atoms with Crippen molar-refractivity contribution in [3.8, 4) is 0 Å². The summed E-state index contributed by atoms with van der Waals surface area (Å²) in [6.07, 6.45) is 1.71. The van der Waals surface area contributed by atoms with E-state index in [0.717, 1.165) is 56.4 Å². The maximum atomic E-state index is 12.4. The first-order chi connectivity index (χ1) is 14.2. The van der Waals surface area contributed by atoms with Crippen LogP contribution in [0.1, 0.15) is 55.9 Å². The van der Waals surface area contributed by atoms with Crippen LogP contribution in [-0.4, -0.2) is 47.0 Å². The number of piperazine rings is 1. The van der Waals surface area contributed by atoms with Gasteiger partial charge in [0.15, 0.2) is 0 Å². The third-order valence-electron chi connectivity index (χ3n) is 5.68. The summed E-state index contributed by atoms with van der Waals surface area (Å²) in [5, 5.41) is 0. The number of hydrogen-bond donors (Lipinski definition) is 0. The Morgan fingerprint density at radius 3 is 2.33 bits per heavy atom. The van der Waals surface area contributed by atoms with Crippen LogP contribution in [0.2, 0.25) is 0 Å². The molecule has 2 heterocycles. The molecule has 1 aromatic carbocycles. The number of carbonyl (C=O) groups excluding carboxylic acids is 1. The van der Waals surface area contributed by atoms with Gasteiger partial charge in [0, 0.05) is 56.2 Å². The summed E-state index contributed by atoms with van der Waals surface area (Å²) in [6, 6.07) is 8.66. The molecule has 0 radical (unpaired) electrons. The van der Waals surface area contributed by atoms with Gasteiger partial charge in [-0.15, -0.1) is 0 Å². The monoisotopic (exact) mass is 408 g/mol. The number of hydrogen-bond acceptors (Lipinski definition) is 4. The molecular formula is C25H36N4O. The lowest BCUT2D eigenvalue weighted by atomic mass is 10.0. The molecule has 5 nitrogen and oxygen atoms in total. The van der Waals surface area contributed by atoms with Crippen LogP contribution in [0.4, 0.5) is 5.82 Å². The van der Waals surface area contributed by atoms with Crippen molar-refractivity contribution in [1.29, 1.82) is 0 Å². The zero-order valence-corrected chi connectivity index (χ0v) is 19.4. The number of anilines is 1. The summed E-state index contributed by atoms with van der Waals surface area (Å²) < 4.78 is 0. The predicted molar refractivity (Wildman–Crippen MR) is 123 cm³/mol. The van der Waals surface area contributed by atoms with Crippen molar-refractivity contribution in [1.82, 2.24) is 14.9 Å². The lowest BCUT2D eigenvalue weighted by molar-refractivity contribution is -0.134. The van der Waals surface area contributed by atoms with Crippen LogP contribution in [0.5, 0.6) is 0 Å². The summed E-state index contributed by atoms with van der Waals surface area (Å²) >= 11 is 0. The third kappa shape index (κ3) is 5.38. The van der Waals surface area contributed by atoms with Gasteiger partial charge in [-0.3, -0.25) is 4.79 Å². The maximum absolute atomic E-state index is 12.4. The summed E-state index contributed by atoms with van der Waals surface area (Å²) in [6.45, 7) is 15.7. The zero-order chi connectivity index (χ0) is 21.8. The first-order valence-corrected chi connectivity index (χ1v) is 11.2. The molecule has 1 aliphatic rings. The van der Waals surface area contributed by atoms with Gasteiger partial charge in [0.05, 0.1) is 0 Å². The number of benzene rings is 1. The van der Waals surface area contributed by atoms with Crippen LogP contribution in [-0.2, 0) is 17.6 Å². The van der Waals surface area contributed by atoms with Crippen molar-refractivity contribution in [2.45, 2.75) is 54.4 Å². The van der Waals surface area contributed by atoms with Gasteiger partial charge in [0.25, 0.3) is 0 Å². The molecule has 5 heteroatoms. The van der Waals surface area contributed by atoms with Crippen molar-refractivity contribution in [2.24, 2.45) is 11.8 Å². The fourth-order valence-corrected chi connectivity index (χ4v) is 4.09. The van der Waals surface area contributed by atoms with Gasteiger partial charge in [-0.2, -0.15) is 0 Å². The second kappa shape index (κ2) is 9.59. The molecule has 1 fully saturated rings. The van der Waals surface area contributed by atoms with E-state index in [9.17, 15) is 4.79 Å². The Labute approximate surface area is 181 Å². The van der Waals surface area contributed by atoms with Gasteiger partial charge in [-0.25, -0.2) is 9.97 Å². The van der Waals surface area contributed by atoms with Crippen molar-refractivity contribution < 1.29 is 4.79 Å². The quantitative estimate of drug-likeness (QED) is 0.719. The van der Waals surface area contributed by atoms with Crippen molar-refractivity contribution in [3.63, 3.8) is 0 Å². The van der Waals surface area contributed by atoms with Crippen LogP contribution < -0.4 is 4.90 Å². The van der Waals surface area contributed by atoms with E-state index < -0.39 is 0 Å². The van der Waals surface area contributed by atoms with E-state index in [4.69, 9.17) is 9.97 Å². The molecule has 30 heavy (non-hydrogen) atoms. The average Bonchev–Trinajstić information content (AvgIpc) is 2.69. The molecule has 0 N–H and O–H groups in total. The van der Waals surface area contributed by atoms with E-state index in [1.54, 1.807) is 0 Å². The van der Waals surface area contributed by atoms with Gasteiger partial charge in [0.1, 0.15) is 11.6 Å². The Kier molecular flexibility index (Phi) is 7.11. The standard InChI is InChI=1S/C25H36N4O/c1-17(2)14-23-26-20(6)22(16-21-9-7-8-19(5)15-21)24(27-23)28-10-12-29(13-11-28)25(30)18(3)4/h7-9,15,17-18H,10-14,16H2,1-6H3. The van der Waals surface area contributed by atoms with E-state index in [2.05, 4.69) is 56.9 Å². The van der Waals surface area contributed by atoms with E-state index in [1.807, 2.05) is 18.7 Å². The zero-order valence-electron chi connectivity index (χ0n) is 19.4. The minimum Gasteiger partial charge on any atom is -0.353 e. The minimum atomic E-state index is 0.0485. The molecule has 1 amide bonds. The number of amides is 1. The number of rotatable bonds is 6. The van der Waals surface area contributed by atoms with Crippen molar-refractivity contribution >= 4 is 11.7 Å². The highest BCUT2D eigenvalue weighted by Crippen LogP contribution is 2.26. The minimum absolute atomic E-state index is 0.0485. The average molecular weight is 409 g/mol. The predicted octanol–water partition coefficient (Wildman–Crippen LogP) is 4.19. The Bertz CT molecular complexity index is 883. The molecule has 1 aromatic heterocycles. The van der Waals surface area contributed by atoms with Gasteiger partial charge >= 0.3 is 0 Å². The van der Waals surface area contributed by atoms with Crippen LogP contribution in [0.15, 0.2) is 24.3 Å². The van der Waals surface area contributed by atoms with Crippen molar-refractivity contribution in [2.75, 3.05) is 31.1 Å². The van der Waals surface area contributed by atoms with Gasteiger partial charge in [0.2, 0.25) is 5.91 Å². The number of aromatic nitrogens is 2. The molecule has 0 saturated carbocycles. The number of aryl methyl sites for hydroxylation is 2. The topological polar surface area (TPSA) is 49.3 Å². The Hall–Kier alpha value is -2.43. The Balaban J connectivity index is 1.90. The molecule has 0 spiro atoms. The normalized spacial score (nSPS) is 14.7. The second-order valence-corrected chi connectivity index (χ2v) is 9.26. The Morgan fingerprint density at radius 1 is 1.03 bits per heavy atom. The molecule has 1 aliphatic heterocycles. The molecule has 0 bridgehead atoms. The summed E-state index contributed by atoms with van der Waals surface area (Å²) in [5.74, 6) is 2.78. The van der Waals surface area contributed by atoms with Crippen LogP contribution in [0.3, 0.4) is 0 Å². The van der Waals surface area contributed by atoms with Crippen LogP contribution in [0.25, 0.3) is 0 Å². The SMILES string of the molecule is Cc1cccc(Cc2c(C)nc(CC(C)C)nc2N2CCN(C(=O)C(C)C)CC2)c1. The number of carbonyl (C=O) groups is 1. The van der Waals surface area contributed by atoms with E-state index in [0.29, 0.717) is 5.92 Å². The summed E-state index contributed by atoms with van der Waals surface area (Å²) in [7, 11) is 0. The molecule has 0 aliphatic carbocycles. The molecule has 0 atom stereocenters. The first kappa shape index (κ1) is 22.3. The highest BCUT2D eigenvalue weighted by molar-refractivity contribution is 5.78. The smallest absolute Gasteiger partial charge is 0.225 e. The fourth-order valence-electron chi connectivity index (χ4n) is 4.09. The van der Waals surface area contributed by atoms with E-state index in [1.165, 1.54) is 16.7 Å². The fraction of sp³-hybridized carbons (Fsp3) is 0.560. The molecule has 1 saturated heterocycles. The lowest BCUT2D eigenvalue weighted by Crippen LogP contribution is -2.50. The molecular weight excluding hydrogens is 372 g/mol. The Morgan fingerprint density at radius 2 is 1.73 bits per heavy atom. The molecule has 2 aromatic rings. The maximum Gasteiger partial charge on any atom is 0.225 e. The van der Waals surface area contributed by atoms with Crippen LogP contribution >= 0.6 is 0 Å². The van der Waals surface area contributed by atoms with E-state index in [-0.39, 0.29) is 11.8 Å². The highest BCUT2D eigenvalue weighted by atomic mass is 16.2. The third-order valence-corrected chi connectivity index (χ3v) is 5.68. The van der Waals surface area contributed by atoms with Crippen molar-refractivity contribution in [3.05, 3.63) is 52.5 Å². The summed E-state index contributed by atoms with van der Waals surface area (Å²) in [4.78, 5) is 26.6. The van der Waals surface area contributed by atoms with Gasteiger partial charge < -0.3 is 9.80 Å². The van der Waals surface area contributed by atoms with E-state index >= 15 is 0 Å². The second-order valence-electron chi connectivity index (χ2n) is 9.26. The molecule has 0 unspecified atom stereocenters. The van der Waals surface area contributed by atoms with Crippen LogP contribution in [0, 0.1) is 25.7 Å². The largest absolute Gasteiger partial charge is 0.353 e. The number of nitrogens with zero attached hydrogens (tertiary/aromatic N) is 4. The highest BCUT2D eigenvalue weighted by Gasteiger charge is 2.26.